The summed E-state index contributed by atoms with van der Waals surface area (Å²) in [6.07, 6.45) is 3.16. The molecule has 2 heterocycles. The molecule has 0 radical (unpaired) electrons. The van der Waals surface area contributed by atoms with Crippen molar-refractivity contribution in [1.29, 1.82) is 0 Å². The maximum atomic E-state index is 11.7. The van der Waals surface area contributed by atoms with E-state index in [-0.39, 0.29) is 17.9 Å². The molecule has 0 unspecified atom stereocenters. The van der Waals surface area contributed by atoms with Crippen molar-refractivity contribution in [1.82, 2.24) is 20.4 Å². The Morgan fingerprint density at radius 3 is 2.71 bits per heavy atom. The first-order valence-electron chi connectivity index (χ1n) is 5.72. The number of amides is 2. The number of nitrogens with one attached hydrogen (secondary N) is 2. The minimum atomic E-state index is -0.135. The lowest BCUT2D eigenvalue weighted by Gasteiger charge is -2.31. The number of carbonyl (C=O) groups excluding carboxylic acids is 2. The number of likely N-dealkylation sites (tertiary alicyclic amines) is 1. The lowest BCUT2D eigenvalue weighted by molar-refractivity contribution is -0.129. The van der Waals surface area contributed by atoms with E-state index in [0.29, 0.717) is 18.8 Å². The Kier molecular flexibility index (Phi) is 3.41. The van der Waals surface area contributed by atoms with Gasteiger partial charge >= 0.3 is 0 Å². The highest BCUT2D eigenvalue weighted by Crippen LogP contribution is 2.10. The van der Waals surface area contributed by atoms with Crippen LogP contribution in [0.4, 0.5) is 0 Å². The molecule has 6 nitrogen and oxygen atoms in total. The molecule has 0 atom stereocenters. The number of rotatable bonds is 2. The molecule has 0 spiro atoms. The normalized spacial score (nSPS) is 16.9. The molecule has 0 bridgehead atoms. The van der Waals surface area contributed by atoms with Crippen LogP contribution in [0, 0.1) is 0 Å². The zero-order valence-corrected chi connectivity index (χ0v) is 9.77. The Labute approximate surface area is 99.4 Å². The molecule has 1 aliphatic heterocycles. The first-order chi connectivity index (χ1) is 8.16. The fraction of sp³-hybridized carbons (Fsp3) is 0.545. The predicted molar refractivity (Wildman–Crippen MR) is 61.3 cm³/mol. The quantitative estimate of drug-likeness (QED) is 0.767. The molecule has 92 valence electrons. The lowest BCUT2D eigenvalue weighted by atomic mass is 10.0. The summed E-state index contributed by atoms with van der Waals surface area (Å²) in [6.45, 7) is 3.00. The van der Waals surface area contributed by atoms with Crippen LogP contribution in [0.5, 0.6) is 0 Å². The summed E-state index contributed by atoms with van der Waals surface area (Å²) < 4.78 is 0. The second-order valence-electron chi connectivity index (χ2n) is 4.22. The number of aromatic amines is 1. The highest BCUT2D eigenvalue weighted by molar-refractivity contribution is 5.92. The van der Waals surface area contributed by atoms with Crippen LogP contribution in [0.1, 0.15) is 30.3 Å². The van der Waals surface area contributed by atoms with Crippen molar-refractivity contribution < 1.29 is 9.59 Å². The molecule has 17 heavy (non-hydrogen) atoms. The summed E-state index contributed by atoms with van der Waals surface area (Å²) in [4.78, 5) is 24.7. The zero-order valence-electron chi connectivity index (χ0n) is 9.77. The maximum absolute atomic E-state index is 11.7. The van der Waals surface area contributed by atoms with Crippen LogP contribution >= 0.6 is 0 Å². The predicted octanol–water partition coefficient (Wildman–Crippen LogP) is 0.150. The van der Waals surface area contributed by atoms with Gasteiger partial charge in [0, 0.05) is 32.3 Å². The standard InChI is InChI=1S/C11H16N4O2/c1-8(16)15-6-3-9(4-7-15)13-11(17)10-2-5-12-14-10/h2,5,9H,3-4,6-7H2,1H3,(H,12,14)(H,13,17). The smallest absolute Gasteiger partial charge is 0.269 e. The molecular formula is C11H16N4O2. The van der Waals surface area contributed by atoms with E-state index in [9.17, 15) is 9.59 Å². The second kappa shape index (κ2) is 4.99. The summed E-state index contributed by atoms with van der Waals surface area (Å²) >= 11 is 0. The summed E-state index contributed by atoms with van der Waals surface area (Å²) in [5.41, 5.74) is 0.471. The van der Waals surface area contributed by atoms with Crippen LogP contribution in [0.2, 0.25) is 0 Å². The van der Waals surface area contributed by atoms with E-state index in [2.05, 4.69) is 15.5 Å². The van der Waals surface area contributed by atoms with Gasteiger partial charge in [0.1, 0.15) is 5.69 Å². The minimum absolute atomic E-state index is 0.100. The number of nitrogens with zero attached hydrogens (tertiary/aromatic N) is 2. The van der Waals surface area contributed by atoms with Crippen molar-refractivity contribution in [3.8, 4) is 0 Å². The monoisotopic (exact) mass is 236 g/mol. The first-order valence-corrected chi connectivity index (χ1v) is 5.72. The third kappa shape index (κ3) is 2.83. The largest absolute Gasteiger partial charge is 0.348 e. The van der Waals surface area contributed by atoms with Crippen molar-refractivity contribution >= 4 is 11.8 Å². The summed E-state index contributed by atoms with van der Waals surface area (Å²) in [6, 6.07) is 1.78. The Bertz CT molecular complexity index is 394. The van der Waals surface area contributed by atoms with Crippen molar-refractivity contribution in [2.75, 3.05) is 13.1 Å². The molecule has 1 aliphatic rings. The van der Waals surface area contributed by atoms with Gasteiger partial charge in [-0.2, -0.15) is 5.10 Å². The van der Waals surface area contributed by atoms with Gasteiger partial charge in [0.05, 0.1) is 0 Å². The molecule has 0 aromatic carbocycles. The third-order valence-electron chi connectivity index (χ3n) is 3.02. The maximum Gasteiger partial charge on any atom is 0.269 e. The molecule has 1 aromatic rings. The molecule has 2 amide bonds. The summed E-state index contributed by atoms with van der Waals surface area (Å²) in [5.74, 6) is -0.0351. The van der Waals surface area contributed by atoms with Gasteiger partial charge in [0.25, 0.3) is 5.91 Å². The average Bonchev–Trinajstić information content (AvgIpc) is 2.83. The molecule has 1 aromatic heterocycles. The molecule has 1 saturated heterocycles. The summed E-state index contributed by atoms with van der Waals surface area (Å²) in [5, 5.41) is 9.29. The van der Waals surface area contributed by atoms with Gasteiger partial charge in [-0.25, -0.2) is 0 Å². The van der Waals surface area contributed by atoms with E-state index in [1.54, 1.807) is 24.1 Å². The number of aromatic nitrogens is 2. The number of H-pyrrole nitrogens is 1. The Morgan fingerprint density at radius 1 is 1.47 bits per heavy atom. The first kappa shape index (κ1) is 11.6. The van der Waals surface area contributed by atoms with Crippen molar-refractivity contribution in [2.45, 2.75) is 25.8 Å². The van der Waals surface area contributed by atoms with E-state index < -0.39 is 0 Å². The van der Waals surface area contributed by atoms with E-state index in [0.717, 1.165) is 12.8 Å². The van der Waals surface area contributed by atoms with E-state index in [1.807, 2.05) is 0 Å². The topological polar surface area (TPSA) is 78.1 Å². The number of hydrogen-bond donors (Lipinski definition) is 2. The fourth-order valence-corrected chi connectivity index (χ4v) is 1.98. The van der Waals surface area contributed by atoms with E-state index in [1.165, 1.54) is 0 Å². The van der Waals surface area contributed by atoms with Crippen LogP contribution in [-0.2, 0) is 4.79 Å². The number of hydrogen-bond acceptors (Lipinski definition) is 3. The van der Waals surface area contributed by atoms with Crippen molar-refractivity contribution in [3.05, 3.63) is 18.0 Å². The SMILES string of the molecule is CC(=O)N1CCC(NC(=O)c2ccn[nH]2)CC1. The van der Waals surface area contributed by atoms with Gasteiger partial charge in [-0.1, -0.05) is 0 Å². The second-order valence-corrected chi connectivity index (χ2v) is 4.22. The Morgan fingerprint density at radius 2 is 2.18 bits per heavy atom. The van der Waals surface area contributed by atoms with Gasteiger partial charge in [-0.15, -0.1) is 0 Å². The van der Waals surface area contributed by atoms with Gasteiger partial charge in [-0.3, -0.25) is 14.7 Å². The molecule has 6 heteroatoms. The molecule has 0 saturated carbocycles. The highest BCUT2D eigenvalue weighted by atomic mass is 16.2. The van der Waals surface area contributed by atoms with Crippen LogP contribution < -0.4 is 5.32 Å². The van der Waals surface area contributed by atoms with Gasteiger partial charge < -0.3 is 10.2 Å². The molecule has 2 N–H and O–H groups in total. The molecule has 0 aliphatic carbocycles. The Balaban J connectivity index is 1.82. The number of piperidine rings is 1. The molecular weight excluding hydrogens is 220 g/mol. The Hall–Kier alpha value is -1.85. The van der Waals surface area contributed by atoms with Crippen LogP contribution in [0.3, 0.4) is 0 Å². The van der Waals surface area contributed by atoms with Gasteiger partial charge in [-0.05, 0) is 18.9 Å². The average molecular weight is 236 g/mol. The van der Waals surface area contributed by atoms with Crippen molar-refractivity contribution in [2.24, 2.45) is 0 Å². The molecule has 1 fully saturated rings. The zero-order chi connectivity index (χ0) is 12.3. The van der Waals surface area contributed by atoms with Crippen LogP contribution in [-0.4, -0.2) is 46.0 Å². The van der Waals surface area contributed by atoms with E-state index >= 15 is 0 Å². The van der Waals surface area contributed by atoms with Crippen LogP contribution in [0.15, 0.2) is 12.3 Å². The molecule has 2 rings (SSSR count). The fourth-order valence-electron chi connectivity index (χ4n) is 1.98. The van der Waals surface area contributed by atoms with Gasteiger partial charge in [0.15, 0.2) is 0 Å². The highest BCUT2D eigenvalue weighted by Gasteiger charge is 2.22. The lowest BCUT2D eigenvalue weighted by Crippen LogP contribution is -2.46. The van der Waals surface area contributed by atoms with Crippen molar-refractivity contribution in [3.63, 3.8) is 0 Å². The minimum Gasteiger partial charge on any atom is -0.348 e. The number of carbonyl (C=O) groups is 2. The van der Waals surface area contributed by atoms with E-state index in [4.69, 9.17) is 0 Å². The van der Waals surface area contributed by atoms with Crippen LogP contribution in [0.25, 0.3) is 0 Å². The summed E-state index contributed by atoms with van der Waals surface area (Å²) in [7, 11) is 0. The van der Waals surface area contributed by atoms with Gasteiger partial charge in [0.2, 0.25) is 5.91 Å². The third-order valence-corrected chi connectivity index (χ3v) is 3.02.